The van der Waals surface area contributed by atoms with E-state index < -0.39 is 0 Å². The van der Waals surface area contributed by atoms with Gasteiger partial charge in [0.05, 0.1) is 6.61 Å². The van der Waals surface area contributed by atoms with Gasteiger partial charge in [0.1, 0.15) is 6.61 Å². The third-order valence-electron chi connectivity index (χ3n) is 4.28. The molecule has 0 saturated carbocycles. The number of ether oxygens (including phenoxy) is 1. The summed E-state index contributed by atoms with van der Waals surface area (Å²) in [6, 6.07) is 20.0. The highest BCUT2D eigenvalue weighted by Crippen LogP contribution is 2.26. The lowest BCUT2D eigenvalue weighted by atomic mass is 9.95. The Balaban J connectivity index is 1.51. The van der Waals surface area contributed by atoms with E-state index in [0.717, 1.165) is 5.56 Å². The standard InChI is InChI=1S/C19H22N2O2/c20-18-12-21(11-17(18)16-9-5-2-6-10-16)19(22)14-23-13-15-7-3-1-4-8-15/h1-10,17-18H,11-14,20H2/t17-,18+/m1/s1. The average molecular weight is 310 g/mol. The Kier molecular flexibility index (Phi) is 5.05. The predicted octanol–water partition coefficient (Wildman–Crippen LogP) is 2.16. The van der Waals surface area contributed by atoms with Gasteiger partial charge in [0, 0.05) is 25.0 Å². The maximum Gasteiger partial charge on any atom is 0.248 e. The minimum absolute atomic E-state index is 0.00909. The molecule has 2 N–H and O–H groups in total. The van der Waals surface area contributed by atoms with Gasteiger partial charge in [0.15, 0.2) is 0 Å². The molecule has 0 aliphatic carbocycles. The third kappa shape index (κ3) is 3.97. The molecule has 0 aromatic heterocycles. The Morgan fingerprint density at radius 1 is 1.04 bits per heavy atom. The van der Waals surface area contributed by atoms with E-state index in [9.17, 15) is 4.79 Å². The van der Waals surface area contributed by atoms with Crippen molar-refractivity contribution in [2.75, 3.05) is 19.7 Å². The van der Waals surface area contributed by atoms with Crippen LogP contribution in [0.3, 0.4) is 0 Å². The first kappa shape index (κ1) is 15.7. The summed E-state index contributed by atoms with van der Waals surface area (Å²) in [5.41, 5.74) is 8.49. The lowest BCUT2D eigenvalue weighted by Crippen LogP contribution is -2.34. The Bertz CT molecular complexity index is 630. The normalized spacial score (nSPS) is 20.7. The summed E-state index contributed by atoms with van der Waals surface area (Å²) in [5.74, 6) is 0.212. The Hall–Kier alpha value is -2.17. The molecule has 1 aliphatic heterocycles. The number of hydrogen-bond donors (Lipinski definition) is 1. The summed E-state index contributed by atoms with van der Waals surface area (Å²) < 4.78 is 5.54. The summed E-state index contributed by atoms with van der Waals surface area (Å²) in [4.78, 5) is 14.1. The molecule has 4 heteroatoms. The SMILES string of the molecule is N[C@H]1CN(C(=O)COCc2ccccc2)C[C@@H]1c1ccccc1. The van der Waals surface area contributed by atoms with E-state index in [2.05, 4.69) is 12.1 Å². The van der Waals surface area contributed by atoms with Gasteiger partial charge >= 0.3 is 0 Å². The fourth-order valence-electron chi connectivity index (χ4n) is 3.01. The summed E-state index contributed by atoms with van der Waals surface area (Å²) in [6.45, 7) is 1.81. The van der Waals surface area contributed by atoms with Crippen LogP contribution in [0.2, 0.25) is 0 Å². The molecule has 1 saturated heterocycles. The van der Waals surface area contributed by atoms with Crippen LogP contribution >= 0.6 is 0 Å². The number of nitrogens with zero attached hydrogens (tertiary/aromatic N) is 1. The molecule has 1 fully saturated rings. The number of carbonyl (C=O) groups is 1. The molecule has 0 bridgehead atoms. The quantitative estimate of drug-likeness (QED) is 0.921. The molecular formula is C19H22N2O2. The lowest BCUT2D eigenvalue weighted by Gasteiger charge is -2.16. The van der Waals surface area contributed by atoms with Gasteiger partial charge in [-0.15, -0.1) is 0 Å². The molecular weight excluding hydrogens is 288 g/mol. The first-order valence-corrected chi connectivity index (χ1v) is 7.94. The van der Waals surface area contributed by atoms with E-state index in [4.69, 9.17) is 10.5 Å². The molecule has 4 nitrogen and oxygen atoms in total. The monoisotopic (exact) mass is 310 g/mol. The van der Waals surface area contributed by atoms with Crippen LogP contribution in [0.15, 0.2) is 60.7 Å². The second-order valence-corrected chi connectivity index (χ2v) is 5.96. The maximum atomic E-state index is 12.3. The molecule has 2 aromatic carbocycles. The van der Waals surface area contributed by atoms with Gasteiger partial charge in [-0.1, -0.05) is 60.7 Å². The third-order valence-corrected chi connectivity index (χ3v) is 4.28. The Morgan fingerprint density at radius 2 is 1.70 bits per heavy atom. The van der Waals surface area contributed by atoms with Crippen molar-refractivity contribution in [1.29, 1.82) is 0 Å². The smallest absolute Gasteiger partial charge is 0.248 e. The van der Waals surface area contributed by atoms with Crippen LogP contribution in [0.4, 0.5) is 0 Å². The minimum atomic E-state index is -0.0181. The average Bonchev–Trinajstić information content (AvgIpc) is 2.98. The zero-order valence-corrected chi connectivity index (χ0v) is 13.1. The zero-order chi connectivity index (χ0) is 16.1. The van der Waals surface area contributed by atoms with E-state index in [1.807, 2.05) is 53.4 Å². The van der Waals surface area contributed by atoms with Gasteiger partial charge in [-0.25, -0.2) is 0 Å². The topological polar surface area (TPSA) is 55.6 Å². The van der Waals surface area contributed by atoms with Crippen molar-refractivity contribution >= 4 is 5.91 Å². The second kappa shape index (κ2) is 7.40. The molecule has 3 rings (SSSR count). The van der Waals surface area contributed by atoms with Crippen molar-refractivity contribution in [3.8, 4) is 0 Å². The first-order valence-electron chi connectivity index (χ1n) is 7.94. The summed E-state index contributed by atoms with van der Waals surface area (Å²) >= 11 is 0. The van der Waals surface area contributed by atoms with Crippen molar-refractivity contribution in [3.63, 3.8) is 0 Å². The number of carbonyl (C=O) groups excluding carboxylic acids is 1. The van der Waals surface area contributed by atoms with Crippen LogP contribution < -0.4 is 5.73 Å². The minimum Gasteiger partial charge on any atom is -0.367 e. The van der Waals surface area contributed by atoms with Crippen LogP contribution in [0.5, 0.6) is 0 Å². The summed E-state index contributed by atoms with van der Waals surface area (Å²) in [6.07, 6.45) is 0. The Labute approximate surface area is 136 Å². The molecule has 1 amide bonds. The zero-order valence-electron chi connectivity index (χ0n) is 13.1. The van der Waals surface area contributed by atoms with Crippen LogP contribution in [0, 0.1) is 0 Å². The van der Waals surface area contributed by atoms with Gasteiger partial charge < -0.3 is 15.4 Å². The van der Waals surface area contributed by atoms with Crippen LogP contribution in [0.1, 0.15) is 17.0 Å². The molecule has 1 aliphatic rings. The van der Waals surface area contributed by atoms with Crippen molar-refractivity contribution in [1.82, 2.24) is 4.90 Å². The first-order chi connectivity index (χ1) is 11.2. The molecule has 2 atom stereocenters. The van der Waals surface area contributed by atoms with Gasteiger partial charge in [-0.2, -0.15) is 0 Å². The molecule has 23 heavy (non-hydrogen) atoms. The number of amides is 1. The highest BCUT2D eigenvalue weighted by atomic mass is 16.5. The fraction of sp³-hybridized carbons (Fsp3) is 0.316. The molecule has 0 unspecified atom stereocenters. The second-order valence-electron chi connectivity index (χ2n) is 5.96. The van der Waals surface area contributed by atoms with E-state index in [-0.39, 0.29) is 24.5 Å². The number of rotatable bonds is 5. The van der Waals surface area contributed by atoms with Crippen molar-refractivity contribution < 1.29 is 9.53 Å². The Morgan fingerprint density at radius 3 is 2.39 bits per heavy atom. The largest absolute Gasteiger partial charge is 0.367 e. The summed E-state index contributed by atoms with van der Waals surface area (Å²) in [5, 5.41) is 0. The van der Waals surface area contributed by atoms with Gasteiger partial charge in [-0.3, -0.25) is 4.79 Å². The van der Waals surface area contributed by atoms with Crippen LogP contribution in [-0.4, -0.2) is 36.5 Å². The summed E-state index contributed by atoms with van der Waals surface area (Å²) in [7, 11) is 0. The lowest BCUT2D eigenvalue weighted by molar-refractivity contribution is -0.135. The van der Waals surface area contributed by atoms with Crippen molar-refractivity contribution in [3.05, 3.63) is 71.8 Å². The van der Waals surface area contributed by atoms with E-state index in [1.54, 1.807) is 0 Å². The molecule has 0 radical (unpaired) electrons. The fourth-order valence-corrected chi connectivity index (χ4v) is 3.01. The predicted molar refractivity (Wildman–Crippen MR) is 89.8 cm³/mol. The number of likely N-dealkylation sites (tertiary alicyclic amines) is 1. The van der Waals surface area contributed by atoms with E-state index >= 15 is 0 Å². The van der Waals surface area contributed by atoms with Gasteiger partial charge in [-0.05, 0) is 11.1 Å². The highest BCUT2D eigenvalue weighted by molar-refractivity contribution is 5.78. The molecule has 1 heterocycles. The number of nitrogens with two attached hydrogens (primary N) is 1. The van der Waals surface area contributed by atoms with Gasteiger partial charge in [0.2, 0.25) is 5.91 Å². The number of benzene rings is 2. The van der Waals surface area contributed by atoms with Crippen molar-refractivity contribution in [2.45, 2.75) is 18.6 Å². The molecule has 2 aromatic rings. The van der Waals surface area contributed by atoms with Crippen LogP contribution in [0.25, 0.3) is 0 Å². The maximum absolute atomic E-state index is 12.3. The van der Waals surface area contributed by atoms with Crippen molar-refractivity contribution in [2.24, 2.45) is 5.73 Å². The number of hydrogen-bond acceptors (Lipinski definition) is 3. The van der Waals surface area contributed by atoms with E-state index in [1.165, 1.54) is 5.56 Å². The molecule has 120 valence electrons. The van der Waals surface area contributed by atoms with Gasteiger partial charge in [0.25, 0.3) is 0 Å². The molecule has 0 spiro atoms. The highest BCUT2D eigenvalue weighted by Gasteiger charge is 2.33. The van der Waals surface area contributed by atoms with E-state index in [0.29, 0.717) is 19.7 Å². The van der Waals surface area contributed by atoms with Crippen LogP contribution in [-0.2, 0) is 16.1 Å².